The Balaban J connectivity index is 0.00000338. The standard InChI is InChI=1S/C18H29N3O3S.ClH/c1-3-14(2)15-6-8-17(9-7-15)25(23,24)21-12-4-5-16(13-21)18(22)20-11-10-19;/h6-9,14,16H,3-5,10-13,19H2,1-2H3,(H,20,22);1H. The van der Waals surface area contributed by atoms with Crippen LogP contribution in [-0.2, 0) is 14.8 Å². The van der Waals surface area contributed by atoms with Gasteiger partial charge in [-0.3, -0.25) is 4.79 Å². The van der Waals surface area contributed by atoms with E-state index in [0.29, 0.717) is 43.3 Å². The fourth-order valence-corrected chi connectivity index (χ4v) is 4.59. The molecule has 2 atom stereocenters. The van der Waals surface area contributed by atoms with Gasteiger partial charge in [-0.05, 0) is 42.9 Å². The van der Waals surface area contributed by atoms with E-state index >= 15 is 0 Å². The Morgan fingerprint density at radius 1 is 1.35 bits per heavy atom. The summed E-state index contributed by atoms with van der Waals surface area (Å²) in [5.74, 6) is -0.0192. The zero-order chi connectivity index (χ0) is 18.4. The number of piperidine rings is 1. The number of halogens is 1. The fraction of sp³-hybridized carbons (Fsp3) is 0.611. The fourth-order valence-electron chi connectivity index (χ4n) is 3.07. The molecular weight excluding hydrogens is 374 g/mol. The number of carbonyl (C=O) groups is 1. The van der Waals surface area contributed by atoms with Crippen LogP contribution in [0, 0.1) is 5.92 Å². The molecule has 1 saturated heterocycles. The third-order valence-electron chi connectivity index (χ3n) is 4.90. The Bertz CT molecular complexity index is 679. The molecule has 2 rings (SSSR count). The number of hydrogen-bond acceptors (Lipinski definition) is 4. The highest BCUT2D eigenvalue weighted by Crippen LogP contribution is 2.26. The molecule has 1 heterocycles. The second-order valence-electron chi connectivity index (χ2n) is 6.66. The minimum atomic E-state index is -3.57. The minimum Gasteiger partial charge on any atom is -0.355 e. The molecule has 2 unspecified atom stereocenters. The van der Waals surface area contributed by atoms with Crippen molar-refractivity contribution in [1.82, 2.24) is 9.62 Å². The van der Waals surface area contributed by atoms with E-state index in [0.717, 1.165) is 12.0 Å². The lowest BCUT2D eigenvalue weighted by molar-refractivity contribution is -0.126. The lowest BCUT2D eigenvalue weighted by Crippen LogP contribution is -2.46. The molecule has 0 saturated carbocycles. The Kier molecular flexibility index (Phi) is 9.03. The van der Waals surface area contributed by atoms with Gasteiger partial charge in [-0.25, -0.2) is 8.42 Å². The van der Waals surface area contributed by atoms with Gasteiger partial charge in [0.25, 0.3) is 0 Å². The van der Waals surface area contributed by atoms with Crippen LogP contribution in [0.3, 0.4) is 0 Å². The molecule has 1 fully saturated rings. The van der Waals surface area contributed by atoms with Crippen LogP contribution in [0.15, 0.2) is 29.2 Å². The summed E-state index contributed by atoms with van der Waals surface area (Å²) in [4.78, 5) is 12.4. The van der Waals surface area contributed by atoms with Crippen molar-refractivity contribution in [2.45, 2.75) is 43.9 Å². The predicted octanol–water partition coefficient (Wildman–Crippen LogP) is 2.10. The van der Waals surface area contributed by atoms with E-state index in [-0.39, 0.29) is 30.8 Å². The second kappa shape index (κ2) is 10.3. The summed E-state index contributed by atoms with van der Waals surface area (Å²) in [6.45, 7) is 5.71. The van der Waals surface area contributed by atoms with Gasteiger partial charge in [0.05, 0.1) is 10.8 Å². The Morgan fingerprint density at radius 2 is 2.00 bits per heavy atom. The van der Waals surface area contributed by atoms with Crippen LogP contribution in [0.1, 0.15) is 44.6 Å². The zero-order valence-corrected chi connectivity index (χ0v) is 17.1. The average Bonchev–Trinajstić information content (AvgIpc) is 2.65. The molecular formula is C18H30ClN3O3S. The van der Waals surface area contributed by atoms with Crippen LogP contribution in [0.5, 0.6) is 0 Å². The van der Waals surface area contributed by atoms with Crippen molar-refractivity contribution in [2.75, 3.05) is 26.2 Å². The Hall–Kier alpha value is -1.15. The van der Waals surface area contributed by atoms with Gasteiger partial charge in [0.2, 0.25) is 15.9 Å². The topological polar surface area (TPSA) is 92.5 Å². The number of rotatable bonds is 7. The predicted molar refractivity (Wildman–Crippen MR) is 106 cm³/mol. The Morgan fingerprint density at radius 3 is 2.58 bits per heavy atom. The van der Waals surface area contributed by atoms with Crippen molar-refractivity contribution in [3.8, 4) is 0 Å². The quantitative estimate of drug-likeness (QED) is 0.729. The summed E-state index contributed by atoms with van der Waals surface area (Å²) in [5, 5.41) is 2.75. The number of nitrogens with zero attached hydrogens (tertiary/aromatic N) is 1. The molecule has 0 aromatic heterocycles. The van der Waals surface area contributed by atoms with Crippen molar-refractivity contribution >= 4 is 28.3 Å². The SMILES string of the molecule is CCC(C)c1ccc(S(=O)(=O)N2CCCC(C(=O)NCCN)C2)cc1.Cl. The van der Waals surface area contributed by atoms with Gasteiger partial charge in [0, 0.05) is 26.2 Å². The maximum absolute atomic E-state index is 12.9. The summed E-state index contributed by atoms with van der Waals surface area (Å²) in [7, 11) is -3.57. The first kappa shape index (κ1) is 22.9. The molecule has 1 aromatic rings. The van der Waals surface area contributed by atoms with E-state index < -0.39 is 10.0 Å². The van der Waals surface area contributed by atoms with Crippen molar-refractivity contribution in [3.05, 3.63) is 29.8 Å². The van der Waals surface area contributed by atoms with Crippen LogP contribution in [-0.4, -0.2) is 44.8 Å². The largest absolute Gasteiger partial charge is 0.355 e. The van der Waals surface area contributed by atoms with Crippen LogP contribution in [0.4, 0.5) is 0 Å². The summed E-state index contributed by atoms with van der Waals surface area (Å²) in [6, 6.07) is 7.12. The normalized spacial score (nSPS) is 19.4. The van der Waals surface area contributed by atoms with Gasteiger partial charge in [-0.1, -0.05) is 26.0 Å². The van der Waals surface area contributed by atoms with Crippen molar-refractivity contribution in [2.24, 2.45) is 11.7 Å². The minimum absolute atomic E-state index is 0. The zero-order valence-electron chi connectivity index (χ0n) is 15.5. The highest BCUT2D eigenvalue weighted by atomic mass is 35.5. The molecule has 148 valence electrons. The van der Waals surface area contributed by atoms with E-state index in [1.54, 1.807) is 12.1 Å². The molecule has 0 bridgehead atoms. The second-order valence-corrected chi connectivity index (χ2v) is 8.60. The average molecular weight is 404 g/mol. The van der Waals surface area contributed by atoms with Gasteiger partial charge in [-0.2, -0.15) is 4.31 Å². The summed E-state index contributed by atoms with van der Waals surface area (Å²) < 4.78 is 27.2. The molecule has 6 nitrogen and oxygen atoms in total. The van der Waals surface area contributed by atoms with Crippen LogP contribution >= 0.6 is 12.4 Å². The smallest absolute Gasteiger partial charge is 0.243 e. The first-order valence-corrected chi connectivity index (χ1v) is 10.4. The van der Waals surface area contributed by atoms with Gasteiger partial charge in [-0.15, -0.1) is 12.4 Å². The maximum atomic E-state index is 12.9. The molecule has 8 heteroatoms. The van der Waals surface area contributed by atoms with E-state index in [1.807, 2.05) is 12.1 Å². The van der Waals surface area contributed by atoms with Gasteiger partial charge in [0.15, 0.2) is 0 Å². The number of nitrogens with two attached hydrogens (primary N) is 1. The number of hydrogen-bond donors (Lipinski definition) is 2. The van der Waals surface area contributed by atoms with Crippen LogP contribution < -0.4 is 11.1 Å². The summed E-state index contributed by atoms with van der Waals surface area (Å²) in [5.41, 5.74) is 6.54. The molecule has 1 aromatic carbocycles. The number of nitrogens with one attached hydrogen (secondary N) is 1. The van der Waals surface area contributed by atoms with Gasteiger partial charge in [0.1, 0.15) is 0 Å². The number of sulfonamides is 1. The molecule has 1 aliphatic heterocycles. The van der Waals surface area contributed by atoms with Crippen LogP contribution in [0.2, 0.25) is 0 Å². The monoisotopic (exact) mass is 403 g/mol. The number of benzene rings is 1. The third-order valence-corrected chi connectivity index (χ3v) is 6.78. The molecule has 1 amide bonds. The molecule has 3 N–H and O–H groups in total. The molecule has 0 radical (unpaired) electrons. The lowest BCUT2D eigenvalue weighted by Gasteiger charge is -2.31. The van der Waals surface area contributed by atoms with E-state index in [4.69, 9.17) is 5.73 Å². The maximum Gasteiger partial charge on any atom is 0.243 e. The highest BCUT2D eigenvalue weighted by Gasteiger charge is 2.33. The molecule has 0 aliphatic carbocycles. The van der Waals surface area contributed by atoms with E-state index in [9.17, 15) is 13.2 Å². The highest BCUT2D eigenvalue weighted by molar-refractivity contribution is 7.89. The number of amides is 1. The van der Waals surface area contributed by atoms with Crippen molar-refractivity contribution in [1.29, 1.82) is 0 Å². The van der Waals surface area contributed by atoms with Crippen molar-refractivity contribution in [3.63, 3.8) is 0 Å². The molecule has 1 aliphatic rings. The molecule has 0 spiro atoms. The first-order chi connectivity index (χ1) is 11.9. The number of carbonyl (C=O) groups excluding carboxylic acids is 1. The van der Waals surface area contributed by atoms with E-state index in [2.05, 4.69) is 19.2 Å². The van der Waals surface area contributed by atoms with Gasteiger partial charge < -0.3 is 11.1 Å². The van der Waals surface area contributed by atoms with E-state index in [1.165, 1.54) is 4.31 Å². The lowest BCUT2D eigenvalue weighted by atomic mass is 9.99. The summed E-state index contributed by atoms with van der Waals surface area (Å²) in [6.07, 6.45) is 2.40. The summed E-state index contributed by atoms with van der Waals surface area (Å²) >= 11 is 0. The third kappa shape index (κ3) is 5.42. The van der Waals surface area contributed by atoms with Gasteiger partial charge >= 0.3 is 0 Å². The Labute approximate surface area is 163 Å². The molecule has 26 heavy (non-hydrogen) atoms. The van der Waals surface area contributed by atoms with Crippen molar-refractivity contribution < 1.29 is 13.2 Å². The van der Waals surface area contributed by atoms with Crippen LogP contribution in [0.25, 0.3) is 0 Å². The first-order valence-electron chi connectivity index (χ1n) is 8.98.